The number of nitrogens with zero attached hydrogens (tertiary/aromatic N) is 2. The van der Waals surface area contributed by atoms with E-state index in [1.54, 1.807) is 19.2 Å². The summed E-state index contributed by atoms with van der Waals surface area (Å²) >= 11 is 0. The Kier molecular flexibility index (Phi) is 8.46. The number of rotatable bonds is 8. The van der Waals surface area contributed by atoms with Crippen molar-refractivity contribution >= 4 is 15.9 Å². The van der Waals surface area contributed by atoms with Gasteiger partial charge in [0.05, 0.1) is 18.0 Å². The highest BCUT2D eigenvalue weighted by atomic mass is 32.2. The molecule has 2 aromatic carbocycles. The predicted molar refractivity (Wildman–Crippen MR) is 137 cm³/mol. The van der Waals surface area contributed by atoms with E-state index in [9.17, 15) is 13.2 Å². The Morgan fingerprint density at radius 3 is 2.20 bits per heavy atom. The SMILES string of the molecule is COc1ccc(C(CNC(=O)C2CCN(S(=O)(=O)c3ccc(C)cc3)CC2)N2CCCCC2)cc1. The van der Waals surface area contributed by atoms with Crippen molar-refractivity contribution in [3.8, 4) is 5.75 Å². The van der Waals surface area contributed by atoms with Crippen LogP contribution in [0.4, 0.5) is 0 Å². The van der Waals surface area contributed by atoms with Crippen LogP contribution in [-0.2, 0) is 14.8 Å². The Morgan fingerprint density at radius 1 is 0.971 bits per heavy atom. The minimum Gasteiger partial charge on any atom is -0.497 e. The first-order chi connectivity index (χ1) is 16.9. The van der Waals surface area contributed by atoms with Crippen LogP contribution in [0.25, 0.3) is 0 Å². The standard InChI is InChI=1S/C27H37N3O4S/c1-21-6-12-25(13-7-21)35(32,33)30-18-14-23(15-19-30)27(31)28-20-26(29-16-4-3-5-17-29)22-8-10-24(34-2)11-9-22/h6-13,23,26H,3-5,14-20H2,1-2H3,(H,28,31). The van der Waals surface area contributed by atoms with Gasteiger partial charge in [0.25, 0.3) is 0 Å². The van der Waals surface area contributed by atoms with Crippen molar-refractivity contribution < 1.29 is 17.9 Å². The number of methoxy groups -OCH3 is 1. The van der Waals surface area contributed by atoms with E-state index in [1.165, 1.54) is 29.1 Å². The van der Waals surface area contributed by atoms with Crippen LogP contribution in [0, 0.1) is 12.8 Å². The fraction of sp³-hybridized carbons (Fsp3) is 0.519. The number of hydrogen-bond acceptors (Lipinski definition) is 5. The van der Waals surface area contributed by atoms with Gasteiger partial charge in [-0.2, -0.15) is 4.31 Å². The largest absolute Gasteiger partial charge is 0.497 e. The number of hydrogen-bond donors (Lipinski definition) is 1. The topological polar surface area (TPSA) is 79.0 Å². The second-order valence-electron chi connectivity index (χ2n) is 9.62. The van der Waals surface area contributed by atoms with Crippen LogP contribution in [0.15, 0.2) is 53.4 Å². The normalized spacial score (nSPS) is 19.3. The molecule has 0 bridgehead atoms. The number of carbonyl (C=O) groups excluding carboxylic acids is 1. The molecule has 1 N–H and O–H groups in total. The van der Waals surface area contributed by atoms with Crippen LogP contribution in [0.5, 0.6) is 5.75 Å². The second-order valence-corrected chi connectivity index (χ2v) is 11.6. The third-order valence-corrected chi connectivity index (χ3v) is 9.20. The highest BCUT2D eigenvalue weighted by Crippen LogP contribution is 2.27. The summed E-state index contributed by atoms with van der Waals surface area (Å²) < 4.78 is 32.8. The number of carbonyl (C=O) groups is 1. The van der Waals surface area contributed by atoms with E-state index < -0.39 is 10.0 Å². The molecule has 0 aromatic heterocycles. The third-order valence-electron chi connectivity index (χ3n) is 7.29. The van der Waals surface area contributed by atoms with Crippen molar-refractivity contribution in [1.82, 2.24) is 14.5 Å². The number of benzene rings is 2. The van der Waals surface area contributed by atoms with E-state index in [0.29, 0.717) is 37.4 Å². The average molecular weight is 500 g/mol. The molecule has 7 nitrogen and oxygen atoms in total. The van der Waals surface area contributed by atoms with Gasteiger partial charge in [-0.25, -0.2) is 8.42 Å². The highest BCUT2D eigenvalue weighted by molar-refractivity contribution is 7.89. The third kappa shape index (κ3) is 6.23. The van der Waals surface area contributed by atoms with Crippen molar-refractivity contribution in [3.63, 3.8) is 0 Å². The summed E-state index contributed by atoms with van der Waals surface area (Å²) in [6.07, 6.45) is 4.67. The fourth-order valence-electron chi connectivity index (χ4n) is 5.07. The molecule has 2 aliphatic heterocycles. The van der Waals surface area contributed by atoms with E-state index in [2.05, 4.69) is 22.3 Å². The zero-order chi connectivity index (χ0) is 24.8. The molecular weight excluding hydrogens is 462 g/mol. The van der Waals surface area contributed by atoms with E-state index in [1.807, 2.05) is 31.2 Å². The molecule has 2 heterocycles. The summed E-state index contributed by atoms with van der Waals surface area (Å²) in [7, 11) is -1.86. The molecule has 2 saturated heterocycles. The molecule has 1 amide bonds. The molecule has 2 aromatic rings. The van der Waals surface area contributed by atoms with Crippen LogP contribution in [0.3, 0.4) is 0 Å². The summed E-state index contributed by atoms with van der Waals surface area (Å²) in [5.41, 5.74) is 2.20. The first-order valence-corrected chi connectivity index (χ1v) is 14.0. The van der Waals surface area contributed by atoms with Gasteiger partial charge in [-0.15, -0.1) is 0 Å². The van der Waals surface area contributed by atoms with Gasteiger partial charge in [-0.1, -0.05) is 36.2 Å². The lowest BCUT2D eigenvalue weighted by molar-refractivity contribution is -0.126. The molecule has 0 spiro atoms. The lowest BCUT2D eigenvalue weighted by Gasteiger charge is -2.36. The minimum atomic E-state index is -3.53. The predicted octanol–water partition coefficient (Wildman–Crippen LogP) is 3.75. The van der Waals surface area contributed by atoms with Crippen molar-refractivity contribution in [2.45, 2.75) is 50.0 Å². The first-order valence-electron chi connectivity index (χ1n) is 12.6. The molecule has 8 heteroatoms. The van der Waals surface area contributed by atoms with Gasteiger partial charge in [0, 0.05) is 25.6 Å². The van der Waals surface area contributed by atoms with Crippen LogP contribution >= 0.6 is 0 Å². The van der Waals surface area contributed by atoms with E-state index in [-0.39, 0.29) is 17.9 Å². The van der Waals surface area contributed by atoms with Crippen molar-refractivity contribution in [2.75, 3.05) is 39.8 Å². The zero-order valence-corrected chi connectivity index (χ0v) is 21.6. The Morgan fingerprint density at radius 2 is 1.60 bits per heavy atom. The maximum Gasteiger partial charge on any atom is 0.243 e. The first kappa shape index (κ1) is 25.7. The number of piperidine rings is 2. The molecule has 1 atom stereocenters. The van der Waals surface area contributed by atoms with Gasteiger partial charge < -0.3 is 10.1 Å². The Balaban J connectivity index is 1.35. The smallest absolute Gasteiger partial charge is 0.243 e. The van der Waals surface area contributed by atoms with Gasteiger partial charge in [-0.05, 0) is 75.5 Å². The molecule has 0 saturated carbocycles. The van der Waals surface area contributed by atoms with Gasteiger partial charge in [0.15, 0.2) is 0 Å². The molecule has 35 heavy (non-hydrogen) atoms. The molecule has 1 unspecified atom stereocenters. The summed E-state index contributed by atoms with van der Waals surface area (Å²) in [4.78, 5) is 15.8. The van der Waals surface area contributed by atoms with Crippen LogP contribution in [-0.4, -0.2) is 63.4 Å². The summed E-state index contributed by atoms with van der Waals surface area (Å²) in [5, 5.41) is 3.19. The number of sulfonamides is 1. The fourth-order valence-corrected chi connectivity index (χ4v) is 6.54. The van der Waals surface area contributed by atoms with Crippen LogP contribution in [0.2, 0.25) is 0 Å². The van der Waals surface area contributed by atoms with Crippen molar-refractivity contribution in [3.05, 3.63) is 59.7 Å². The molecule has 2 aliphatic rings. The summed E-state index contributed by atoms with van der Waals surface area (Å²) in [6, 6.07) is 15.2. The molecule has 190 valence electrons. The van der Waals surface area contributed by atoms with E-state index in [0.717, 1.165) is 24.4 Å². The van der Waals surface area contributed by atoms with Crippen LogP contribution in [0.1, 0.15) is 49.3 Å². The van der Waals surface area contributed by atoms with Crippen LogP contribution < -0.4 is 10.1 Å². The second kappa shape index (κ2) is 11.5. The molecule has 0 aliphatic carbocycles. The maximum atomic E-state index is 13.1. The minimum absolute atomic E-state index is 0.0212. The van der Waals surface area contributed by atoms with Gasteiger partial charge in [-0.3, -0.25) is 9.69 Å². The van der Waals surface area contributed by atoms with Gasteiger partial charge in [0.2, 0.25) is 15.9 Å². The van der Waals surface area contributed by atoms with E-state index >= 15 is 0 Å². The maximum absolute atomic E-state index is 13.1. The Bertz CT molecular complexity index is 1070. The Labute approximate surface area is 209 Å². The summed E-state index contributed by atoms with van der Waals surface area (Å²) in [5.74, 6) is 0.674. The summed E-state index contributed by atoms with van der Waals surface area (Å²) in [6.45, 7) is 5.27. The lowest BCUT2D eigenvalue weighted by Crippen LogP contribution is -2.45. The van der Waals surface area contributed by atoms with Crippen molar-refractivity contribution in [1.29, 1.82) is 0 Å². The molecule has 0 radical (unpaired) electrons. The number of ether oxygens (including phenoxy) is 1. The monoisotopic (exact) mass is 499 g/mol. The average Bonchev–Trinajstić information content (AvgIpc) is 2.90. The number of likely N-dealkylation sites (tertiary alicyclic amines) is 1. The highest BCUT2D eigenvalue weighted by Gasteiger charge is 2.32. The number of nitrogens with one attached hydrogen (secondary N) is 1. The quantitative estimate of drug-likeness (QED) is 0.599. The van der Waals surface area contributed by atoms with Crippen molar-refractivity contribution in [2.24, 2.45) is 5.92 Å². The number of aryl methyl sites for hydroxylation is 1. The zero-order valence-electron chi connectivity index (χ0n) is 20.8. The molecular formula is C27H37N3O4S. The number of amides is 1. The molecule has 2 fully saturated rings. The van der Waals surface area contributed by atoms with Gasteiger partial charge >= 0.3 is 0 Å². The lowest BCUT2D eigenvalue weighted by atomic mass is 9.96. The Hall–Kier alpha value is -2.42. The molecule has 4 rings (SSSR count). The van der Waals surface area contributed by atoms with Gasteiger partial charge in [0.1, 0.15) is 5.75 Å². The van der Waals surface area contributed by atoms with E-state index in [4.69, 9.17) is 4.74 Å².